The Hall–Kier alpha value is -0.870. The molecule has 3 nitrogen and oxygen atoms in total. The summed E-state index contributed by atoms with van der Waals surface area (Å²) in [5.41, 5.74) is 2.10. The summed E-state index contributed by atoms with van der Waals surface area (Å²) >= 11 is 1.71. The van der Waals surface area contributed by atoms with Crippen LogP contribution in [0, 0.1) is 5.92 Å². The highest BCUT2D eigenvalue weighted by atomic mass is 32.1. The first-order valence-electron chi connectivity index (χ1n) is 6.51. The molecule has 1 aromatic rings. The van der Waals surface area contributed by atoms with Crippen molar-refractivity contribution in [2.24, 2.45) is 5.92 Å². The quantitative estimate of drug-likeness (QED) is 0.913. The standard InChI is InChI=1S/C14H21NO2S/c1-9-4-5-11-12(8-18-13(11)6-9)14(17)15(3)7-10(2)16/h8-10,16H,4-7H2,1-3H3. The van der Waals surface area contributed by atoms with Crippen molar-refractivity contribution in [1.82, 2.24) is 4.90 Å². The Morgan fingerprint density at radius 1 is 1.67 bits per heavy atom. The van der Waals surface area contributed by atoms with Crippen molar-refractivity contribution in [1.29, 1.82) is 0 Å². The van der Waals surface area contributed by atoms with Gasteiger partial charge in [0.1, 0.15) is 0 Å². The lowest BCUT2D eigenvalue weighted by Crippen LogP contribution is -2.33. The van der Waals surface area contributed by atoms with Crippen LogP contribution in [-0.2, 0) is 12.8 Å². The first-order chi connectivity index (χ1) is 8.49. The molecule has 2 unspecified atom stereocenters. The van der Waals surface area contributed by atoms with Crippen LogP contribution in [0.15, 0.2) is 5.38 Å². The van der Waals surface area contributed by atoms with E-state index in [2.05, 4.69) is 6.92 Å². The Kier molecular flexibility index (Phi) is 4.07. The second-order valence-corrected chi connectivity index (χ2v) is 6.40. The molecule has 1 amide bonds. The SMILES string of the molecule is CC(O)CN(C)C(=O)c1csc2c1CCC(C)C2. The van der Waals surface area contributed by atoms with Gasteiger partial charge in [0.15, 0.2) is 0 Å². The van der Waals surface area contributed by atoms with Crippen LogP contribution in [0.2, 0.25) is 0 Å². The lowest BCUT2D eigenvalue weighted by Gasteiger charge is -2.22. The van der Waals surface area contributed by atoms with Gasteiger partial charge < -0.3 is 10.0 Å². The van der Waals surface area contributed by atoms with Gasteiger partial charge in [-0.25, -0.2) is 0 Å². The van der Waals surface area contributed by atoms with Gasteiger partial charge in [-0.3, -0.25) is 4.79 Å². The highest BCUT2D eigenvalue weighted by Gasteiger charge is 2.24. The molecule has 1 aliphatic carbocycles. The average Bonchev–Trinajstić information content (AvgIpc) is 2.69. The van der Waals surface area contributed by atoms with Gasteiger partial charge >= 0.3 is 0 Å². The van der Waals surface area contributed by atoms with Crippen molar-refractivity contribution in [3.63, 3.8) is 0 Å². The van der Waals surface area contributed by atoms with Crippen LogP contribution in [0.1, 0.15) is 41.1 Å². The number of hydrogen-bond acceptors (Lipinski definition) is 3. The van der Waals surface area contributed by atoms with Gasteiger partial charge in [-0.2, -0.15) is 0 Å². The number of rotatable bonds is 3. The fraction of sp³-hybridized carbons (Fsp3) is 0.643. The summed E-state index contributed by atoms with van der Waals surface area (Å²) in [6.07, 6.45) is 2.81. The summed E-state index contributed by atoms with van der Waals surface area (Å²) in [6.45, 7) is 4.36. The molecule has 4 heteroatoms. The van der Waals surface area contributed by atoms with Gasteiger partial charge in [0.2, 0.25) is 0 Å². The van der Waals surface area contributed by atoms with Crippen molar-refractivity contribution in [3.8, 4) is 0 Å². The fourth-order valence-electron chi connectivity index (χ4n) is 2.54. The van der Waals surface area contributed by atoms with E-state index < -0.39 is 6.10 Å². The maximum atomic E-state index is 12.3. The Labute approximate surface area is 112 Å². The first kappa shape index (κ1) is 13.6. The molecular formula is C14H21NO2S. The predicted octanol–water partition coefficient (Wildman–Crippen LogP) is 2.33. The molecule has 0 saturated carbocycles. The molecule has 2 atom stereocenters. The molecule has 0 bridgehead atoms. The predicted molar refractivity (Wildman–Crippen MR) is 74.1 cm³/mol. The Morgan fingerprint density at radius 3 is 3.06 bits per heavy atom. The summed E-state index contributed by atoms with van der Waals surface area (Å²) in [5.74, 6) is 0.775. The molecule has 0 fully saturated rings. The van der Waals surface area contributed by atoms with E-state index in [-0.39, 0.29) is 5.91 Å². The topological polar surface area (TPSA) is 40.5 Å². The lowest BCUT2D eigenvalue weighted by atomic mass is 9.88. The van der Waals surface area contributed by atoms with Gasteiger partial charge in [-0.05, 0) is 37.7 Å². The minimum atomic E-state index is -0.478. The summed E-state index contributed by atoms with van der Waals surface area (Å²) in [5, 5.41) is 11.3. The maximum Gasteiger partial charge on any atom is 0.254 e. The molecule has 0 aliphatic heterocycles. The molecule has 0 radical (unpaired) electrons. The van der Waals surface area contributed by atoms with E-state index >= 15 is 0 Å². The molecule has 100 valence electrons. The number of aliphatic hydroxyl groups is 1. The molecule has 1 aliphatic rings. The number of nitrogens with zero attached hydrogens (tertiary/aromatic N) is 1. The molecule has 2 rings (SSSR count). The molecule has 1 N–H and O–H groups in total. The Morgan fingerprint density at radius 2 is 2.39 bits per heavy atom. The van der Waals surface area contributed by atoms with Crippen molar-refractivity contribution in [3.05, 3.63) is 21.4 Å². The Balaban J connectivity index is 2.17. The van der Waals surface area contributed by atoms with Crippen LogP contribution in [0.25, 0.3) is 0 Å². The summed E-state index contributed by atoms with van der Waals surface area (Å²) in [6, 6.07) is 0. The summed E-state index contributed by atoms with van der Waals surface area (Å²) in [7, 11) is 1.75. The van der Waals surface area contributed by atoms with Crippen LogP contribution in [0.5, 0.6) is 0 Å². The summed E-state index contributed by atoms with van der Waals surface area (Å²) in [4.78, 5) is 15.3. The van der Waals surface area contributed by atoms with E-state index in [1.54, 1.807) is 30.2 Å². The average molecular weight is 267 g/mol. The molecule has 1 aromatic heterocycles. The number of likely N-dealkylation sites (N-methyl/N-ethyl adjacent to an activating group) is 1. The van der Waals surface area contributed by atoms with Crippen molar-refractivity contribution >= 4 is 17.2 Å². The lowest BCUT2D eigenvalue weighted by molar-refractivity contribution is 0.0703. The fourth-order valence-corrected chi connectivity index (χ4v) is 3.78. The minimum absolute atomic E-state index is 0.0444. The van der Waals surface area contributed by atoms with E-state index in [1.165, 1.54) is 16.9 Å². The van der Waals surface area contributed by atoms with E-state index in [0.717, 1.165) is 24.3 Å². The number of carbonyl (C=O) groups is 1. The second-order valence-electron chi connectivity index (χ2n) is 5.43. The molecule has 0 aromatic carbocycles. The van der Waals surface area contributed by atoms with Crippen LogP contribution in [0.4, 0.5) is 0 Å². The van der Waals surface area contributed by atoms with Crippen LogP contribution >= 0.6 is 11.3 Å². The highest BCUT2D eigenvalue weighted by Crippen LogP contribution is 2.33. The van der Waals surface area contributed by atoms with Crippen molar-refractivity contribution < 1.29 is 9.90 Å². The number of carbonyl (C=O) groups excluding carboxylic acids is 1. The zero-order chi connectivity index (χ0) is 13.3. The van der Waals surface area contributed by atoms with E-state index in [4.69, 9.17) is 0 Å². The van der Waals surface area contributed by atoms with Crippen LogP contribution in [-0.4, -0.2) is 35.6 Å². The molecule has 0 saturated heterocycles. The number of fused-ring (bicyclic) bond motifs is 1. The molecule has 0 spiro atoms. The van der Waals surface area contributed by atoms with Gasteiger partial charge in [0.05, 0.1) is 11.7 Å². The van der Waals surface area contributed by atoms with Crippen molar-refractivity contribution in [2.75, 3.05) is 13.6 Å². The third kappa shape index (κ3) is 2.75. The molecule has 18 heavy (non-hydrogen) atoms. The highest BCUT2D eigenvalue weighted by molar-refractivity contribution is 7.10. The molecular weight excluding hydrogens is 246 g/mol. The van der Waals surface area contributed by atoms with Crippen molar-refractivity contribution in [2.45, 2.75) is 39.2 Å². The maximum absolute atomic E-state index is 12.3. The number of aliphatic hydroxyl groups excluding tert-OH is 1. The monoisotopic (exact) mass is 267 g/mol. The third-order valence-corrected chi connectivity index (χ3v) is 4.57. The van der Waals surface area contributed by atoms with Gasteiger partial charge in [-0.1, -0.05) is 6.92 Å². The van der Waals surface area contributed by atoms with Crippen LogP contribution in [0.3, 0.4) is 0 Å². The van der Waals surface area contributed by atoms with E-state index in [9.17, 15) is 9.90 Å². The first-order valence-corrected chi connectivity index (χ1v) is 7.39. The minimum Gasteiger partial charge on any atom is -0.392 e. The zero-order valence-electron chi connectivity index (χ0n) is 11.3. The van der Waals surface area contributed by atoms with E-state index in [0.29, 0.717) is 6.54 Å². The Bertz CT molecular complexity index is 439. The van der Waals surface area contributed by atoms with Gasteiger partial charge in [0.25, 0.3) is 5.91 Å². The number of amides is 1. The number of hydrogen-bond donors (Lipinski definition) is 1. The largest absolute Gasteiger partial charge is 0.392 e. The van der Waals surface area contributed by atoms with Crippen LogP contribution < -0.4 is 0 Å². The molecule has 1 heterocycles. The van der Waals surface area contributed by atoms with Gasteiger partial charge in [-0.15, -0.1) is 11.3 Å². The zero-order valence-corrected chi connectivity index (χ0v) is 12.1. The van der Waals surface area contributed by atoms with E-state index in [1.807, 2.05) is 5.38 Å². The van der Waals surface area contributed by atoms with Gasteiger partial charge in [0, 0.05) is 23.8 Å². The second kappa shape index (κ2) is 5.41. The smallest absolute Gasteiger partial charge is 0.254 e. The normalized spacial score (nSPS) is 20.3. The third-order valence-electron chi connectivity index (χ3n) is 3.52. The summed E-state index contributed by atoms with van der Waals surface area (Å²) < 4.78 is 0. The number of thiophene rings is 1.